The van der Waals surface area contributed by atoms with Crippen LogP contribution >= 0.6 is 27.3 Å². The number of rotatable bonds is 6. The van der Waals surface area contributed by atoms with Crippen molar-refractivity contribution in [1.29, 1.82) is 0 Å². The van der Waals surface area contributed by atoms with Crippen LogP contribution < -0.4 is 5.32 Å². The lowest BCUT2D eigenvalue weighted by Crippen LogP contribution is -2.24. The van der Waals surface area contributed by atoms with E-state index in [9.17, 15) is 0 Å². The maximum Gasteiger partial charge on any atom is 0.0482 e. The van der Waals surface area contributed by atoms with Crippen molar-refractivity contribution in [2.45, 2.75) is 32.7 Å². The Bertz CT molecular complexity index is 524. The van der Waals surface area contributed by atoms with Gasteiger partial charge in [0.05, 0.1) is 0 Å². The summed E-state index contributed by atoms with van der Waals surface area (Å²) in [6, 6.07) is 6.58. The second-order valence-corrected chi connectivity index (χ2v) is 6.41. The van der Waals surface area contributed by atoms with Gasteiger partial charge in [-0.25, -0.2) is 0 Å². The van der Waals surface area contributed by atoms with Crippen molar-refractivity contribution in [3.63, 3.8) is 0 Å². The molecule has 19 heavy (non-hydrogen) atoms. The van der Waals surface area contributed by atoms with E-state index >= 15 is 0 Å². The van der Waals surface area contributed by atoms with E-state index in [1.165, 1.54) is 20.6 Å². The zero-order valence-electron chi connectivity index (χ0n) is 11.3. The standard InChI is InChI=1S/C15H19BrN2S/c1-3-7-17-14(15-12(16)6-9-19-15)10-13-11(2)5-4-8-18-13/h4-6,8-9,14,17H,3,7,10H2,1-2H3. The largest absolute Gasteiger partial charge is 0.309 e. The van der Waals surface area contributed by atoms with E-state index in [0.717, 1.165) is 19.4 Å². The number of thiophene rings is 1. The van der Waals surface area contributed by atoms with Gasteiger partial charge in [-0.2, -0.15) is 0 Å². The van der Waals surface area contributed by atoms with Gasteiger partial charge in [-0.15, -0.1) is 11.3 Å². The van der Waals surface area contributed by atoms with Crippen LogP contribution in [0.2, 0.25) is 0 Å². The maximum atomic E-state index is 4.52. The molecule has 1 N–H and O–H groups in total. The third kappa shape index (κ3) is 3.88. The summed E-state index contributed by atoms with van der Waals surface area (Å²) in [4.78, 5) is 5.87. The molecule has 2 nitrogen and oxygen atoms in total. The molecule has 0 saturated carbocycles. The molecule has 0 radical (unpaired) electrons. The molecular formula is C15H19BrN2S. The molecule has 0 aliphatic carbocycles. The van der Waals surface area contributed by atoms with Gasteiger partial charge in [-0.3, -0.25) is 4.98 Å². The number of hydrogen-bond donors (Lipinski definition) is 1. The summed E-state index contributed by atoms with van der Waals surface area (Å²) in [7, 11) is 0. The van der Waals surface area contributed by atoms with Crippen LogP contribution in [0.3, 0.4) is 0 Å². The third-order valence-corrected chi connectivity index (χ3v) is 5.10. The summed E-state index contributed by atoms with van der Waals surface area (Å²) in [6.45, 7) is 5.35. The van der Waals surface area contributed by atoms with Crippen molar-refractivity contribution in [3.8, 4) is 0 Å². The predicted molar refractivity (Wildman–Crippen MR) is 85.7 cm³/mol. The molecule has 2 aromatic rings. The summed E-state index contributed by atoms with van der Waals surface area (Å²) in [5.74, 6) is 0. The quantitative estimate of drug-likeness (QED) is 0.838. The van der Waals surface area contributed by atoms with E-state index in [4.69, 9.17) is 0 Å². The maximum absolute atomic E-state index is 4.52. The van der Waals surface area contributed by atoms with Gasteiger partial charge in [0.1, 0.15) is 0 Å². The van der Waals surface area contributed by atoms with Crippen molar-refractivity contribution in [2.24, 2.45) is 0 Å². The minimum atomic E-state index is 0.336. The molecule has 0 aromatic carbocycles. The lowest BCUT2D eigenvalue weighted by molar-refractivity contribution is 0.529. The summed E-state index contributed by atoms with van der Waals surface area (Å²) in [5, 5.41) is 5.76. The van der Waals surface area contributed by atoms with Crippen LogP contribution in [-0.2, 0) is 6.42 Å². The molecule has 0 aliphatic rings. The highest BCUT2D eigenvalue weighted by atomic mass is 79.9. The molecule has 0 bridgehead atoms. The van der Waals surface area contributed by atoms with Gasteiger partial charge in [0.15, 0.2) is 0 Å². The Morgan fingerprint density at radius 3 is 2.89 bits per heavy atom. The molecule has 1 unspecified atom stereocenters. The monoisotopic (exact) mass is 338 g/mol. The Kier molecular flexibility index (Phi) is 5.55. The molecule has 0 saturated heterocycles. The van der Waals surface area contributed by atoms with Crippen LogP contribution in [0.4, 0.5) is 0 Å². The van der Waals surface area contributed by atoms with Gasteiger partial charge in [0.25, 0.3) is 0 Å². The summed E-state index contributed by atoms with van der Waals surface area (Å²) in [5.41, 5.74) is 2.44. The van der Waals surface area contributed by atoms with E-state index in [1.807, 2.05) is 12.3 Å². The summed E-state index contributed by atoms with van der Waals surface area (Å²) < 4.78 is 1.19. The van der Waals surface area contributed by atoms with Crippen LogP contribution in [-0.4, -0.2) is 11.5 Å². The molecule has 2 heterocycles. The molecular weight excluding hydrogens is 320 g/mol. The zero-order chi connectivity index (χ0) is 13.7. The lowest BCUT2D eigenvalue weighted by Gasteiger charge is -2.18. The van der Waals surface area contributed by atoms with Crippen LogP contribution in [0, 0.1) is 6.92 Å². The second kappa shape index (κ2) is 7.17. The minimum absolute atomic E-state index is 0.336. The number of pyridine rings is 1. The Morgan fingerprint density at radius 2 is 2.26 bits per heavy atom. The van der Waals surface area contributed by atoms with Gasteiger partial charge in [0.2, 0.25) is 0 Å². The third-order valence-electron chi connectivity index (χ3n) is 3.12. The Labute approximate surface area is 127 Å². The van der Waals surface area contributed by atoms with Crippen molar-refractivity contribution in [3.05, 3.63) is 50.4 Å². The SMILES string of the molecule is CCCNC(Cc1ncccc1C)c1sccc1Br. The Morgan fingerprint density at radius 1 is 1.42 bits per heavy atom. The number of aromatic nitrogens is 1. The average Bonchev–Trinajstić information content (AvgIpc) is 2.83. The Balaban J connectivity index is 2.19. The summed E-state index contributed by atoms with van der Waals surface area (Å²) >= 11 is 5.44. The van der Waals surface area contributed by atoms with Gasteiger partial charge in [-0.1, -0.05) is 13.0 Å². The number of aryl methyl sites for hydroxylation is 1. The van der Waals surface area contributed by atoms with Gasteiger partial charge >= 0.3 is 0 Å². The number of hydrogen-bond acceptors (Lipinski definition) is 3. The van der Waals surface area contributed by atoms with Crippen LogP contribution in [0.1, 0.15) is 35.5 Å². The van der Waals surface area contributed by atoms with Crippen molar-refractivity contribution in [2.75, 3.05) is 6.54 Å². The lowest BCUT2D eigenvalue weighted by atomic mass is 10.1. The van der Waals surface area contributed by atoms with Crippen LogP contribution in [0.15, 0.2) is 34.2 Å². The normalized spacial score (nSPS) is 12.6. The highest BCUT2D eigenvalue weighted by Crippen LogP contribution is 2.31. The number of nitrogens with zero attached hydrogens (tertiary/aromatic N) is 1. The number of nitrogens with one attached hydrogen (secondary N) is 1. The first-order chi connectivity index (χ1) is 9.22. The van der Waals surface area contributed by atoms with Crippen LogP contribution in [0.5, 0.6) is 0 Å². The van der Waals surface area contributed by atoms with Gasteiger partial charge < -0.3 is 5.32 Å². The van der Waals surface area contributed by atoms with Crippen molar-refractivity contribution >= 4 is 27.3 Å². The smallest absolute Gasteiger partial charge is 0.0482 e. The molecule has 0 fully saturated rings. The van der Waals surface area contributed by atoms with Crippen molar-refractivity contribution in [1.82, 2.24) is 10.3 Å². The molecule has 4 heteroatoms. The molecule has 0 spiro atoms. The fourth-order valence-corrected chi connectivity index (χ4v) is 3.78. The molecule has 2 aromatic heterocycles. The van der Waals surface area contributed by atoms with Gasteiger partial charge in [-0.05, 0) is 58.9 Å². The minimum Gasteiger partial charge on any atom is -0.309 e. The van der Waals surface area contributed by atoms with E-state index in [2.05, 4.69) is 57.6 Å². The first-order valence-corrected chi connectivity index (χ1v) is 8.26. The zero-order valence-corrected chi connectivity index (χ0v) is 13.7. The van der Waals surface area contributed by atoms with Crippen LogP contribution in [0.25, 0.3) is 0 Å². The average molecular weight is 339 g/mol. The molecule has 0 aliphatic heterocycles. The van der Waals surface area contributed by atoms with Gasteiger partial charge in [0, 0.05) is 33.7 Å². The topological polar surface area (TPSA) is 24.9 Å². The van der Waals surface area contributed by atoms with E-state index in [-0.39, 0.29) is 0 Å². The van der Waals surface area contributed by atoms with E-state index in [1.54, 1.807) is 11.3 Å². The number of halogens is 1. The molecule has 102 valence electrons. The fraction of sp³-hybridized carbons (Fsp3) is 0.400. The van der Waals surface area contributed by atoms with Crippen molar-refractivity contribution < 1.29 is 0 Å². The van der Waals surface area contributed by atoms with E-state index in [0.29, 0.717) is 6.04 Å². The first kappa shape index (κ1) is 14.7. The Hall–Kier alpha value is -0.710. The molecule has 1 atom stereocenters. The fourth-order valence-electron chi connectivity index (χ4n) is 2.06. The second-order valence-electron chi connectivity index (χ2n) is 4.61. The summed E-state index contributed by atoms with van der Waals surface area (Å²) in [6.07, 6.45) is 3.95. The first-order valence-electron chi connectivity index (χ1n) is 6.59. The molecule has 2 rings (SSSR count). The highest BCUT2D eigenvalue weighted by molar-refractivity contribution is 9.10. The highest BCUT2D eigenvalue weighted by Gasteiger charge is 2.17. The van der Waals surface area contributed by atoms with E-state index < -0.39 is 0 Å². The predicted octanol–water partition coefficient (Wildman–Crippen LogP) is 4.50. The molecule has 0 amide bonds.